The lowest BCUT2D eigenvalue weighted by molar-refractivity contribution is -0.137. The molecule has 0 spiro atoms. The van der Waals surface area contributed by atoms with Crippen LogP contribution in [0.15, 0.2) is 30.5 Å². The van der Waals surface area contributed by atoms with E-state index in [1.165, 1.54) is 28.5 Å². The monoisotopic (exact) mass is 574 g/mol. The van der Waals surface area contributed by atoms with Crippen LogP contribution in [-0.4, -0.2) is 61.5 Å². The van der Waals surface area contributed by atoms with Crippen LogP contribution in [0.4, 0.5) is 40.1 Å². The highest BCUT2D eigenvalue weighted by Gasteiger charge is 2.35. The van der Waals surface area contributed by atoms with Gasteiger partial charge in [0.15, 0.2) is 5.65 Å². The smallest absolute Gasteiger partial charge is 0.420 e. The van der Waals surface area contributed by atoms with E-state index in [0.29, 0.717) is 36.4 Å². The molecule has 5 rings (SSSR count). The zero-order valence-electron chi connectivity index (χ0n) is 23.3. The van der Waals surface area contributed by atoms with Gasteiger partial charge in [0.2, 0.25) is 0 Å². The van der Waals surface area contributed by atoms with Crippen molar-refractivity contribution in [2.24, 2.45) is 0 Å². The van der Waals surface area contributed by atoms with Crippen LogP contribution in [0.25, 0.3) is 5.65 Å². The van der Waals surface area contributed by atoms with Gasteiger partial charge in [0.05, 0.1) is 17.4 Å². The Morgan fingerprint density at radius 2 is 1.85 bits per heavy atom. The van der Waals surface area contributed by atoms with Crippen molar-refractivity contribution in [3.05, 3.63) is 47.2 Å². The summed E-state index contributed by atoms with van der Waals surface area (Å²) in [5.41, 5.74) is -0.235. The van der Waals surface area contributed by atoms with E-state index in [4.69, 9.17) is 9.72 Å². The number of hydrogen-bond acceptors (Lipinski definition) is 6. The van der Waals surface area contributed by atoms with E-state index >= 15 is 0 Å². The zero-order chi connectivity index (χ0) is 29.7. The first-order chi connectivity index (χ1) is 19.2. The number of rotatable bonds is 5. The summed E-state index contributed by atoms with van der Waals surface area (Å²) in [6.45, 7) is 7.22. The molecule has 1 aromatic carbocycles. The number of fused-ring (bicyclic) bond motifs is 1. The molecule has 13 heteroatoms. The molecule has 1 atom stereocenters. The lowest BCUT2D eigenvalue weighted by Crippen LogP contribution is -2.44. The Bertz CT molecular complexity index is 1480. The van der Waals surface area contributed by atoms with Gasteiger partial charge in [-0.3, -0.25) is 0 Å². The molecular formula is C28H33F3N6O4. The standard InChI is InChI=1S/C28H33F3N6O4/c1-16-10-18(28(29,30)31)12-20(11-16)36(26(40)41-27(2,3)4)23-13-22(33-19-6-5-9-35(15-19)25(38)39)34-24-21(17-7-8-17)14-32-37(23)24/h10-14,17,19H,5-9,15H2,1-4H3,(H,33,34)(H,38,39). The second kappa shape index (κ2) is 10.4. The van der Waals surface area contributed by atoms with Crippen LogP contribution in [-0.2, 0) is 10.9 Å². The average Bonchev–Trinajstić information content (AvgIpc) is 3.61. The maximum atomic E-state index is 13.8. The summed E-state index contributed by atoms with van der Waals surface area (Å²) in [4.78, 5) is 32.5. The number of carbonyl (C=O) groups excluding carboxylic acids is 1. The number of amides is 2. The number of benzene rings is 1. The van der Waals surface area contributed by atoms with E-state index in [1.54, 1.807) is 27.0 Å². The third-order valence-electron chi connectivity index (χ3n) is 6.99. The van der Waals surface area contributed by atoms with E-state index in [1.807, 2.05) is 0 Å². The van der Waals surface area contributed by atoms with Gasteiger partial charge in [0.25, 0.3) is 0 Å². The summed E-state index contributed by atoms with van der Waals surface area (Å²) in [5, 5.41) is 17.3. The van der Waals surface area contributed by atoms with Gasteiger partial charge in [-0.2, -0.15) is 22.8 Å². The molecule has 3 heterocycles. The van der Waals surface area contributed by atoms with Crippen molar-refractivity contribution in [3.8, 4) is 0 Å². The topological polar surface area (TPSA) is 112 Å². The van der Waals surface area contributed by atoms with Crippen molar-refractivity contribution in [1.29, 1.82) is 0 Å². The number of nitrogens with one attached hydrogen (secondary N) is 1. The number of aromatic nitrogens is 3. The van der Waals surface area contributed by atoms with E-state index in [9.17, 15) is 27.9 Å². The van der Waals surface area contributed by atoms with Crippen LogP contribution in [0.5, 0.6) is 0 Å². The van der Waals surface area contributed by atoms with E-state index in [-0.39, 0.29) is 30.0 Å². The number of hydrogen-bond donors (Lipinski definition) is 2. The summed E-state index contributed by atoms with van der Waals surface area (Å²) in [6.07, 6.45) is -1.59. The Morgan fingerprint density at radius 1 is 1.12 bits per heavy atom. The summed E-state index contributed by atoms with van der Waals surface area (Å²) in [6, 6.07) is 4.70. The normalized spacial score (nSPS) is 17.9. The molecule has 1 saturated heterocycles. The van der Waals surface area contributed by atoms with Gasteiger partial charge in [-0.25, -0.2) is 19.5 Å². The first-order valence-electron chi connectivity index (χ1n) is 13.5. The molecule has 2 fully saturated rings. The summed E-state index contributed by atoms with van der Waals surface area (Å²) < 4.78 is 48.6. The first-order valence-corrected chi connectivity index (χ1v) is 13.5. The molecule has 41 heavy (non-hydrogen) atoms. The maximum absolute atomic E-state index is 13.8. The molecule has 2 amide bonds. The van der Waals surface area contributed by atoms with Gasteiger partial charge in [0.1, 0.15) is 17.2 Å². The summed E-state index contributed by atoms with van der Waals surface area (Å²) >= 11 is 0. The third kappa shape index (κ3) is 6.33. The molecule has 0 radical (unpaired) electrons. The molecule has 1 unspecified atom stereocenters. The predicted molar refractivity (Wildman–Crippen MR) is 146 cm³/mol. The lowest BCUT2D eigenvalue weighted by atomic mass is 10.1. The van der Waals surface area contributed by atoms with Crippen molar-refractivity contribution in [2.45, 2.75) is 77.1 Å². The Balaban J connectivity index is 1.66. The average molecular weight is 575 g/mol. The molecule has 2 aromatic heterocycles. The molecule has 0 bridgehead atoms. The van der Waals surface area contributed by atoms with Gasteiger partial charge in [-0.05, 0) is 83.1 Å². The minimum atomic E-state index is -4.64. The Kier molecular flexibility index (Phi) is 7.24. The van der Waals surface area contributed by atoms with Gasteiger partial charge in [0, 0.05) is 30.8 Å². The molecule has 3 aromatic rings. The minimum Gasteiger partial charge on any atom is -0.465 e. The second-order valence-corrected chi connectivity index (χ2v) is 11.7. The highest BCUT2D eigenvalue weighted by atomic mass is 19.4. The van der Waals surface area contributed by atoms with Gasteiger partial charge in [-0.1, -0.05) is 0 Å². The molecule has 1 saturated carbocycles. The zero-order valence-corrected chi connectivity index (χ0v) is 23.3. The Morgan fingerprint density at radius 3 is 2.49 bits per heavy atom. The number of halogens is 3. The van der Waals surface area contributed by atoms with Crippen molar-refractivity contribution in [2.75, 3.05) is 23.3 Å². The summed E-state index contributed by atoms with van der Waals surface area (Å²) in [7, 11) is 0. The fourth-order valence-corrected chi connectivity index (χ4v) is 5.05. The van der Waals surface area contributed by atoms with Crippen LogP contribution in [0.3, 0.4) is 0 Å². The number of likely N-dealkylation sites (tertiary alicyclic amines) is 1. The van der Waals surface area contributed by atoms with E-state index in [0.717, 1.165) is 35.4 Å². The van der Waals surface area contributed by atoms with Gasteiger partial charge in [-0.15, -0.1) is 0 Å². The van der Waals surface area contributed by atoms with Crippen LogP contribution < -0.4 is 10.2 Å². The molecule has 10 nitrogen and oxygen atoms in total. The number of ether oxygens (including phenoxy) is 1. The van der Waals surface area contributed by atoms with Crippen molar-refractivity contribution in [3.63, 3.8) is 0 Å². The fraction of sp³-hybridized carbons (Fsp3) is 0.500. The quantitative estimate of drug-likeness (QED) is 0.355. The largest absolute Gasteiger partial charge is 0.465 e. The van der Waals surface area contributed by atoms with Crippen LogP contribution in [0, 0.1) is 6.92 Å². The van der Waals surface area contributed by atoms with E-state index in [2.05, 4.69) is 10.4 Å². The number of piperidine rings is 1. The lowest BCUT2D eigenvalue weighted by Gasteiger charge is -2.32. The van der Waals surface area contributed by atoms with Crippen LogP contribution >= 0.6 is 0 Å². The second-order valence-electron chi connectivity index (χ2n) is 11.7. The Hall–Kier alpha value is -4.03. The number of nitrogens with zero attached hydrogens (tertiary/aromatic N) is 5. The van der Waals surface area contributed by atoms with Crippen molar-refractivity contribution < 1.29 is 32.6 Å². The van der Waals surface area contributed by atoms with Crippen molar-refractivity contribution in [1.82, 2.24) is 19.5 Å². The highest BCUT2D eigenvalue weighted by molar-refractivity contribution is 5.96. The van der Waals surface area contributed by atoms with Crippen LogP contribution in [0.2, 0.25) is 0 Å². The number of aryl methyl sites for hydroxylation is 1. The van der Waals surface area contributed by atoms with Gasteiger partial charge < -0.3 is 20.1 Å². The molecule has 2 N–H and O–H groups in total. The predicted octanol–water partition coefficient (Wildman–Crippen LogP) is 6.56. The maximum Gasteiger partial charge on any atom is 0.420 e. The van der Waals surface area contributed by atoms with Crippen molar-refractivity contribution >= 4 is 35.2 Å². The van der Waals surface area contributed by atoms with Crippen LogP contribution in [0.1, 0.15) is 69.1 Å². The number of alkyl halides is 3. The van der Waals surface area contributed by atoms with Gasteiger partial charge >= 0.3 is 18.4 Å². The fourth-order valence-electron chi connectivity index (χ4n) is 5.05. The Labute approximate surface area is 235 Å². The molecule has 1 aliphatic heterocycles. The van der Waals surface area contributed by atoms with E-state index < -0.39 is 29.5 Å². The highest BCUT2D eigenvalue weighted by Crippen LogP contribution is 2.43. The number of carbonyl (C=O) groups is 2. The third-order valence-corrected chi connectivity index (χ3v) is 6.99. The molecule has 220 valence electrons. The first kappa shape index (κ1) is 28.5. The minimum absolute atomic E-state index is 0.0387. The molecule has 1 aliphatic carbocycles. The number of anilines is 3. The molecule has 2 aliphatic rings. The molecular weight excluding hydrogens is 541 g/mol. The number of carboxylic acid groups (broad SMARTS) is 1. The SMILES string of the molecule is Cc1cc(N(C(=O)OC(C)(C)C)c2cc(NC3CCCN(C(=O)O)C3)nc3c(C4CC4)cnn23)cc(C(F)(F)F)c1. The summed E-state index contributed by atoms with van der Waals surface area (Å²) in [5.74, 6) is 0.735.